The van der Waals surface area contributed by atoms with E-state index in [1.807, 2.05) is 20.8 Å². The molecule has 0 spiro atoms. The van der Waals surface area contributed by atoms with Gasteiger partial charge >= 0.3 is 12.0 Å². The van der Waals surface area contributed by atoms with Gasteiger partial charge in [0.2, 0.25) is 0 Å². The van der Waals surface area contributed by atoms with Gasteiger partial charge in [-0.05, 0) is 39.5 Å². The highest BCUT2D eigenvalue weighted by Gasteiger charge is 2.45. The number of nitrogens with one attached hydrogen (secondary N) is 1. The summed E-state index contributed by atoms with van der Waals surface area (Å²) in [6.07, 6.45) is 2.35. The first-order valence-corrected chi connectivity index (χ1v) is 6.65. The second-order valence-corrected chi connectivity index (χ2v) is 6.41. The predicted octanol–water partition coefficient (Wildman–Crippen LogP) is 1.06. The molecule has 0 unspecified atom stereocenters. The van der Waals surface area contributed by atoms with Crippen LogP contribution >= 0.6 is 0 Å². The van der Waals surface area contributed by atoms with Crippen LogP contribution in [-0.2, 0) is 9.53 Å². The molecule has 0 aromatic heterocycles. The van der Waals surface area contributed by atoms with Crippen LogP contribution in [-0.4, -0.2) is 52.8 Å². The number of amides is 2. The normalized spacial score (nSPS) is 21.7. The highest BCUT2D eigenvalue weighted by atomic mass is 16.5. The van der Waals surface area contributed by atoms with Gasteiger partial charge in [0.25, 0.3) is 0 Å². The van der Waals surface area contributed by atoms with Crippen molar-refractivity contribution in [3.8, 4) is 0 Å². The van der Waals surface area contributed by atoms with Gasteiger partial charge in [0.05, 0.1) is 13.1 Å². The molecule has 1 saturated carbocycles. The Kier molecular flexibility index (Phi) is 3.47. The summed E-state index contributed by atoms with van der Waals surface area (Å²) in [6, 6.07) is -0.0895. The van der Waals surface area contributed by atoms with Crippen LogP contribution in [0, 0.1) is 5.92 Å². The van der Waals surface area contributed by atoms with Crippen molar-refractivity contribution >= 4 is 12.0 Å². The van der Waals surface area contributed by atoms with Gasteiger partial charge in [-0.25, -0.2) is 9.59 Å². The Labute approximate surface area is 113 Å². The first kappa shape index (κ1) is 14.1. The maximum atomic E-state index is 12.0. The molecule has 19 heavy (non-hydrogen) atoms. The van der Waals surface area contributed by atoms with Crippen LogP contribution in [0.25, 0.3) is 0 Å². The Balaban J connectivity index is 1.76. The molecule has 0 atom stereocenters. The predicted molar refractivity (Wildman–Crippen MR) is 68.9 cm³/mol. The van der Waals surface area contributed by atoms with Crippen LogP contribution in [0.2, 0.25) is 0 Å². The fourth-order valence-corrected chi connectivity index (χ4v) is 2.49. The first-order chi connectivity index (χ1) is 8.72. The van der Waals surface area contributed by atoms with Crippen LogP contribution in [0.5, 0.6) is 0 Å². The molecular weight excluding hydrogens is 248 g/mol. The van der Waals surface area contributed by atoms with E-state index in [2.05, 4.69) is 5.32 Å². The van der Waals surface area contributed by atoms with E-state index >= 15 is 0 Å². The molecule has 1 aliphatic heterocycles. The summed E-state index contributed by atoms with van der Waals surface area (Å²) in [5, 5.41) is 11.6. The van der Waals surface area contributed by atoms with Crippen LogP contribution in [0.3, 0.4) is 0 Å². The summed E-state index contributed by atoms with van der Waals surface area (Å²) in [5.74, 6) is -0.411. The molecule has 0 aromatic rings. The lowest BCUT2D eigenvalue weighted by molar-refractivity contribution is -0.159. The topological polar surface area (TPSA) is 78.9 Å². The van der Waals surface area contributed by atoms with Gasteiger partial charge in [0.15, 0.2) is 0 Å². The summed E-state index contributed by atoms with van der Waals surface area (Å²) in [5.41, 5.74) is -0.690. The first-order valence-electron chi connectivity index (χ1n) is 6.65. The number of carbonyl (C=O) groups is 2. The fraction of sp³-hybridized carbons (Fsp3) is 0.846. The molecule has 1 saturated heterocycles. The quantitative estimate of drug-likeness (QED) is 0.783. The molecule has 108 valence electrons. The lowest BCUT2D eigenvalue weighted by Crippen LogP contribution is -2.67. The highest BCUT2D eigenvalue weighted by molar-refractivity contribution is 5.76. The third-order valence-corrected chi connectivity index (χ3v) is 3.91. The maximum Gasteiger partial charge on any atom is 0.329 e. The minimum absolute atomic E-state index is 0.0895. The molecular formula is C13H22N2O4. The summed E-state index contributed by atoms with van der Waals surface area (Å²) in [6.45, 7) is 6.47. The summed E-state index contributed by atoms with van der Waals surface area (Å²) in [4.78, 5) is 24.2. The summed E-state index contributed by atoms with van der Waals surface area (Å²) in [7, 11) is 0. The van der Waals surface area contributed by atoms with Crippen LogP contribution in [0.1, 0.15) is 33.6 Å². The minimum atomic E-state index is -0.987. The monoisotopic (exact) mass is 270 g/mol. The van der Waals surface area contributed by atoms with Crippen molar-refractivity contribution in [2.45, 2.75) is 44.8 Å². The summed E-state index contributed by atoms with van der Waals surface area (Å²) < 4.78 is 5.28. The minimum Gasteiger partial charge on any atom is -0.480 e. The molecule has 2 aliphatic rings. The summed E-state index contributed by atoms with van der Waals surface area (Å²) >= 11 is 0. The lowest BCUT2D eigenvalue weighted by atomic mass is 9.95. The SMILES string of the molecule is CC1(OCC(=O)O)CN(C(=O)NC(C)(C)C2CC2)C1. The molecule has 6 nitrogen and oxygen atoms in total. The standard InChI is InChI=1S/C13H22N2O4/c1-12(2,9-4-5-9)14-11(18)15-7-13(3,8-15)19-6-10(16)17/h9H,4-8H2,1-3H3,(H,14,18)(H,16,17). The van der Waals surface area contributed by atoms with E-state index in [0.29, 0.717) is 19.0 Å². The number of hydrogen-bond acceptors (Lipinski definition) is 3. The third-order valence-electron chi connectivity index (χ3n) is 3.91. The van der Waals surface area contributed by atoms with E-state index in [4.69, 9.17) is 9.84 Å². The van der Waals surface area contributed by atoms with Crippen molar-refractivity contribution in [3.63, 3.8) is 0 Å². The average Bonchev–Trinajstić information content (AvgIpc) is 3.05. The molecule has 6 heteroatoms. The van der Waals surface area contributed by atoms with Crippen molar-refractivity contribution in [2.24, 2.45) is 5.92 Å². The van der Waals surface area contributed by atoms with Gasteiger partial charge in [0.1, 0.15) is 12.2 Å². The Morgan fingerprint density at radius 1 is 1.42 bits per heavy atom. The molecule has 1 aliphatic carbocycles. The molecule has 0 bridgehead atoms. The number of hydrogen-bond donors (Lipinski definition) is 2. The molecule has 2 amide bonds. The Hall–Kier alpha value is -1.30. The zero-order valence-corrected chi connectivity index (χ0v) is 11.7. The van der Waals surface area contributed by atoms with E-state index in [1.165, 1.54) is 12.8 Å². The van der Waals surface area contributed by atoms with E-state index < -0.39 is 11.6 Å². The molecule has 0 aromatic carbocycles. The number of nitrogens with zero attached hydrogens (tertiary/aromatic N) is 1. The van der Waals surface area contributed by atoms with Gasteiger partial charge < -0.3 is 20.1 Å². The van der Waals surface area contributed by atoms with Gasteiger partial charge in [-0.3, -0.25) is 0 Å². The van der Waals surface area contributed by atoms with Gasteiger partial charge in [0, 0.05) is 5.54 Å². The Morgan fingerprint density at radius 2 is 2.00 bits per heavy atom. The number of ether oxygens (including phenoxy) is 1. The number of carboxylic acids is 1. The van der Waals surface area contributed by atoms with Crippen molar-refractivity contribution in [3.05, 3.63) is 0 Å². The van der Waals surface area contributed by atoms with Crippen molar-refractivity contribution in [1.29, 1.82) is 0 Å². The van der Waals surface area contributed by atoms with Crippen molar-refractivity contribution in [1.82, 2.24) is 10.2 Å². The maximum absolute atomic E-state index is 12.0. The van der Waals surface area contributed by atoms with E-state index in [9.17, 15) is 9.59 Å². The van der Waals surface area contributed by atoms with Crippen molar-refractivity contribution < 1.29 is 19.4 Å². The Bertz CT molecular complexity index is 384. The van der Waals surface area contributed by atoms with Crippen LogP contribution in [0.4, 0.5) is 4.79 Å². The fourth-order valence-electron chi connectivity index (χ4n) is 2.49. The van der Waals surface area contributed by atoms with E-state index in [0.717, 1.165) is 0 Å². The highest BCUT2D eigenvalue weighted by Crippen LogP contribution is 2.39. The lowest BCUT2D eigenvalue weighted by Gasteiger charge is -2.48. The Morgan fingerprint density at radius 3 is 2.47 bits per heavy atom. The second kappa shape index (κ2) is 4.67. The molecule has 1 heterocycles. The van der Waals surface area contributed by atoms with E-state index in [1.54, 1.807) is 4.90 Å². The average molecular weight is 270 g/mol. The van der Waals surface area contributed by atoms with Gasteiger partial charge in [-0.1, -0.05) is 0 Å². The number of urea groups is 1. The molecule has 0 radical (unpaired) electrons. The number of aliphatic carboxylic acids is 1. The zero-order chi connectivity index (χ0) is 14.3. The number of rotatable bonds is 5. The van der Waals surface area contributed by atoms with Crippen LogP contribution < -0.4 is 5.32 Å². The molecule has 2 N–H and O–H groups in total. The molecule has 2 rings (SSSR count). The number of carbonyl (C=O) groups excluding carboxylic acids is 1. The zero-order valence-electron chi connectivity index (χ0n) is 11.7. The largest absolute Gasteiger partial charge is 0.480 e. The van der Waals surface area contributed by atoms with Gasteiger partial charge in [-0.15, -0.1) is 0 Å². The van der Waals surface area contributed by atoms with Crippen molar-refractivity contribution in [2.75, 3.05) is 19.7 Å². The number of likely N-dealkylation sites (tertiary alicyclic amines) is 1. The van der Waals surface area contributed by atoms with Gasteiger partial charge in [-0.2, -0.15) is 0 Å². The smallest absolute Gasteiger partial charge is 0.329 e. The van der Waals surface area contributed by atoms with E-state index in [-0.39, 0.29) is 18.2 Å². The van der Waals surface area contributed by atoms with Crippen LogP contribution in [0.15, 0.2) is 0 Å². The third kappa shape index (κ3) is 3.37. The molecule has 2 fully saturated rings. The number of carboxylic acid groups (broad SMARTS) is 1. The second-order valence-electron chi connectivity index (χ2n) is 6.41.